The first-order valence-electron chi connectivity index (χ1n) is 18.1. The van der Waals surface area contributed by atoms with Crippen LogP contribution in [0.1, 0.15) is 77.2 Å². The number of amides is 2. The van der Waals surface area contributed by atoms with Crippen LogP contribution in [0.4, 0.5) is 5.69 Å². The highest BCUT2D eigenvalue weighted by Gasteiger charge is 2.32. The number of carbonyl (C=O) groups excluding carboxylic acids is 2. The SMILES string of the molecule is CCCCN(CCCC)C(=O)c1cc(C)n(-c2ccc(NS(=O)(=O)c3cc(S(=O)c4ccccc4)cs3)cc2C(=O)N2Cc3ccccc3C[C@H]2CO)n1. The van der Waals surface area contributed by atoms with E-state index in [9.17, 15) is 27.3 Å². The maximum atomic E-state index is 14.7. The highest BCUT2D eigenvalue weighted by atomic mass is 32.2. The molecule has 0 bridgehead atoms. The van der Waals surface area contributed by atoms with Crippen molar-refractivity contribution < 1.29 is 27.3 Å². The number of aromatic nitrogens is 2. The van der Waals surface area contributed by atoms with Gasteiger partial charge in [0.25, 0.3) is 21.8 Å². The summed E-state index contributed by atoms with van der Waals surface area (Å²) in [7, 11) is -5.72. The molecule has 6 rings (SSSR count). The number of nitrogens with zero attached hydrogens (tertiary/aromatic N) is 4. The van der Waals surface area contributed by atoms with E-state index in [0.29, 0.717) is 40.7 Å². The molecule has 0 aliphatic carbocycles. The molecule has 0 radical (unpaired) electrons. The van der Waals surface area contributed by atoms with Crippen LogP contribution in [-0.4, -0.2) is 74.9 Å². The van der Waals surface area contributed by atoms with Crippen molar-refractivity contribution in [2.45, 2.75) is 79.5 Å². The van der Waals surface area contributed by atoms with Gasteiger partial charge < -0.3 is 14.9 Å². The van der Waals surface area contributed by atoms with E-state index >= 15 is 0 Å². The second-order valence-corrected chi connectivity index (χ2v) is 17.6. The molecule has 2 aromatic heterocycles. The predicted octanol–water partition coefficient (Wildman–Crippen LogP) is 6.81. The zero-order chi connectivity index (χ0) is 38.4. The number of anilines is 1. The van der Waals surface area contributed by atoms with E-state index in [0.717, 1.165) is 48.1 Å². The van der Waals surface area contributed by atoms with Crippen LogP contribution in [0.2, 0.25) is 0 Å². The molecule has 11 nitrogen and oxygen atoms in total. The highest BCUT2D eigenvalue weighted by molar-refractivity contribution is 7.94. The third-order valence-corrected chi connectivity index (χ3v) is 13.8. The van der Waals surface area contributed by atoms with Crippen molar-refractivity contribution in [3.8, 4) is 5.69 Å². The molecule has 3 heterocycles. The summed E-state index contributed by atoms with van der Waals surface area (Å²) in [4.78, 5) is 32.7. The number of hydrogen-bond acceptors (Lipinski definition) is 8. The van der Waals surface area contributed by atoms with E-state index in [-0.39, 0.29) is 40.2 Å². The fourth-order valence-electron chi connectivity index (χ4n) is 6.52. The smallest absolute Gasteiger partial charge is 0.274 e. The zero-order valence-corrected chi connectivity index (χ0v) is 33.1. The van der Waals surface area contributed by atoms with Gasteiger partial charge in [-0.25, -0.2) is 17.3 Å². The highest BCUT2D eigenvalue weighted by Crippen LogP contribution is 2.31. The van der Waals surface area contributed by atoms with Crippen LogP contribution < -0.4 is 4.72 Å². The lowest BCUT2D eigenvalue weighted by molar-refractivity contribution is 0.0544. The van der Waals surface area contributed by atoms with Crippen molar-refractivity contribution in [2.75, 3.05) is 24.4 Å². The molecular weight excluding hydrogens is 743 g/mol. The first kappa shape index (κ1) is 39.1. The molecule has 2 atom stereocenters. The van der Waals surface area contributed by atoms with Crippen molar-refractivity contribution in [3.05, 3.63) is 118 Å². The van der Waals surface area contributed by atoms with Gasteiger partial charge in [0.05, 0.1) is 39.6 Å². The summed E-state index contributed by atoms with van der Waals surface area (Å²) in [6.07, 6.45) is 4.08. The largest absolute Gasteiger partial charge is 0.394 e. The van der Waals surface area contributed by atoms with Gasteiger partial charge in [-0.15, -0.1) is 11.3 Å². The lowest BCUT2D eigenvalue weighted by Crippen LogP contribution is -2.46. The number of rotatable bonds is 15. The van der Waals surface area contributed by atoms with Crippen molar-refractivity contribution in [3.63, 3.8) is 0 Å². The van der Waals surface area contributed by atoms with Crippen LogP contribution in [0.15, 0.2) is 104 Å². The standard InChI is InChI=1S/C40H45N5O6S3/c1-4-6-19-43(20-7-5-2)40(48)36-21-28(3)45(41-36)37-18-17-31(23-35(37)39(47)44-25-30-14-12-11-13-29(30)22-32(44)26-46)42-54(50,51)38-24-34(27-52-38)53(49)33-15-9-8-10-16-33/h8-18,21,23-24,27,32,42,46H,4-7,19-20,22,25-26H2,1-3H3/t32-,53?/m0/s1. The summed E-state index contributed by atoms with van der Waals surface area (Å²) in [5.41, 5.74) is 3.51. The average Bonchev–Trinajstić information content (AvgIpc) is 3.85. The van der Waals surface area contributed by atoms with E-state index in [1.807, 2.05) is 35.2 Å². The molecule has 0 fully saturated rings. The average molecular weight is 788 g/mol. The first-order chi connectivity index (χ1) is 26.0. The Labute approximate surface area is 323 Å². The number of thiophene rings is 1. The van der Waals surface area contributed by atoms with Crippen molar-refractivity contribution in [1.82, 2.24) is 19.6 Å². The Hall–Kier alpha value is -4.63. The normalized spacial score (nSPS) is 14.7. The third kappa shape index (κ3) is 8.51. The molecule has 0 saturated heterocycles. The van der Waals surface area contributed by atoms with Gasteiger partial charge in [0.1, 0.15) is 4.21 Å². The molecule has 54 heavy (non-hydrogen) atoms. The number of aryl methyl sites for hydroxylation is 1. The number of sulfonamides is 1. The van der Waals surface area contributed by atoms with Gasteiger partial charge in [-0.1, -0.05) is 69.2 Å². The second-order valence-electron chi connectivity index (χ2n) is 13.3. The maximum absolute atomic E-state index is 14.7. The molecule has 284 valence electrons. The minimum atomic E-state index is -4.15. The van der Waals surface area contributed by atoms with E-state index in [2.05, 4.69) is 18.6 Å². The fraction of sp³-hybridized carbons (Fsp3) is 0.325. The molecule has 14 heteroatoms. The summed E-state index contributed by atoms with van der Waals surface area (Å²) >= 11 is 0.951. The predicted molar refractivity (Wildman–Crippen MR) is 211 cm³/mol. The van der Waals surface area contributed by atoms with Crippen LogP contribution in [0.3, 0.4) is 0 Å². The van der Waals surface area contributed by atoms with Crippen LogP contribution in [0.25, 0.3) is 5.69 Å². The fourth-order valence-corrected chi connectivity index (χ4v) is 10.2. The number of fused-ring (bicyclic) bond motifs is 1. The molecule has 1 aliphatic rings. The van der Waals surface area contributed by atoms with Gasteiger partial charge in [0.2, 0.25) is 0 Å². The summed E-state index contributed by atoms with van der Waals surface area (Å²) < 4.78 is 44.7. The number of benzene rings is 3. The van der Waals surface area contributed by atoms with Crippen LogP contribution in [0, 0.1) is 6.92 Å². The maximum Gasteiger partial charge on any atom is 0.274 e. The Bertz CT molecular complexity index is 2240. The number of aliphatic hydroxyl groups is 1. The molecule has 0 saturated carbocycles. The topological polar surface area (TPSA) is 142 Å². The van der Waals surface area contributed by atoms with Gasteiger partial charge >= 0.3 is 0 Å². The summed E-state index contributed by atoms with van der Waals surface area (Å²) in [6.45, 7) is 7.18. The van der Waals surface area contributed by atoms with Crippen LogP contribution in [-0.2, 0) is 33.8 Å². The van der Waals surface area contributed by atoms with E-state index in [1.54, 1.807) is 64.4 Å². The monoisotopic (exact) mass is 787 g/mol. The summed E-state index contributed by atoms with van der Waals surface area (Å²) in [5.74, 6) is -0.612. The molecule has 3 aromatic carbocycles. The van der Waals surface area contributed by atoms with Gasteiger partial charge in [-0.05, 0) is 79.8 Å². The van der Waals surface area contributed by atoms with Gasteiger partial charge in [-0.2, -0.15) is 5.10 Å². The number of nitrogens with one attached hydrogen (secondary N) is 1. The third-order valence-electron chi connectivity index (χ3n) is 9.48. The minimum absolute atomic E-state index is 0.0338. The molecule has 1 unspecified atom stereocenters. The van der Waals surface area contributed by atoms with Gasteiger partial charge in [0, 0.05) is 41.3 Å². The molecule has 2 N–H and O–H groups in total. The van der Waals surface area contributed by atoms with Gasteiger partial charge in [-0.3, -0.25) is 14.3 Å². The Morgan fingerprint density at radius 1 is 0.944 bits per heavy atom. The Morgan fingerprint density at radius 2 is 1.63 bits per heavy atom. The molecule has 1 aliphatic heterocycles. The lowest BCUT2D eigenvalue weighted by Gasteiger charge is -2.36. The Kier molecular flexibility index (Phi) is 12.5. The van der Waals surface area contributed by atoms with Crippen LogP contribution in [0.5, 0.6) is 0 Å². The molecule has 5 aromatic rings. The number of hydrogen-bond donors (Lipinski definition) is 2. The summed E-state index contributed by atoms with van der Waals surface area (Å²) in [6, 6.07) is 23.8. The van der Waals surface area contributed by atoms with Crippen LogP contribution >= 0.6 is 11.3 Å². The van der Waals surface area contributed by atoms with Gasteiger partial charge in [0.15, 0.2) is 5.69 Å². The summed E-state index contributed by atoms with van der Waals surface area (Å²) in [5, 5.41) is 16.7. The number of aliphatic hydroxyl groups excluding tert-OH is 1. The van der Waals surface area contributed by atoms with Crippen molar-refractivity contribution in [1.29, 1.82) is 0 Å². The Balaban J connectivity index is 1.37. The molecular formula is C40H45N5O6S3. The lowest BCUT2D eigenvalue weighted by atomic mass is 9.93. The van der Waals surface area contributed by atoms with Crippen molar-refractivity contribution in [2.24, 2.45) is 0 Å². The van der Waals surface area contributed by atoms with E-state index in [4.69, 9.17) is 5.10 Å². The van der Waals surface area contributed by atoms with Crippen molar-refractivity contribution >= 4 is 49.7 Å². The zero-order valence-electron chi connectivity index (χ0n) is 30.6. The molecule has 2 amide bonds. The van der Waals surface area contributed by atoms with E-state index in [1.165, 1.54) is 12.1 Å². The van der Waals surface area contributed by atoms with E-state index < -0.39 is 32.8 Å². The number of unbranched alkanes of at least 4 members (excludes halogenated alkanes) is 2. The number of carbonyl (C=O) groups is 2. The minimum Gasteiger partial charge on any atom is -0.394 e. The quantitative estimate of drug-likeness (QED) is 0.119. The second kappa shape index (κ2) is 17.2. The molecule has 0 spiro atoms. The Morgan fingerprint density at radius 3 is 2.31 bits per heavy atom. The first-order valence-corrected chi connectivity index (χ1v) is 21.6.